The number of hydrogen-bond acceptors (Lipinski definition) is 2. The Morgan fingerprint density at radius 1 is 1.41 bits per heavy atom. The highest BCUT2D eigenvalue weighted by Crippen LogP contribution is 2.23. The quantitative estimate of drug-likeness (QED) is 0.720. The average molecular weight is 233 g/mol. The number of anilines is 1. The summed E-state index contributed by atoms with van der Waals surface area (Å²) in [6.07, 6.45) is 2.87. The lowest BCUT2D eigenvalue weighted by Crippen LogP contribution is -2.43. The van der Waals surface area contributed by atoms with Crippen LogP contribution < -0.4 is 11.1 Å². The van der Waals surface area contributed by atoms with Gasteiger partial charge in [0.1, 0.15) is 0 Å². The summed E-state index contributed by atoms with van der Waals surface area (Å²) in [7, 11) is 3.51. The number of nitrogens with one attached hydrogen (secondary N) is 1. The number of benzene rings is 1. The van der Waals surface area contributed by atoms with Crippen molar-refractivity contribution >= 4 is 11.7 Å². The van der Waals surface area contributed by atoms with Gasteiger partial charge >= 0.3 is 6.03 Å². The van der Waals surface area contributed by atoms with Gasteiger partial charge in [-0.05, 0) is 42.5 Å². The van der Waals surface area contributed by atoms with E-state index in [4.69, 9.17) is 5.73 Å². The molecule has 17 heavy (non-hydrogen) atoms. The first kappa shape index (κ1) is 11.8. The molecule has 1 aliphatic rings. The lowest BCUT2D eigenvalue weighted by atomic mass is 9.88. The molecule has 0 radical (unpaired) electrons. The summed E-state index contributed by atoms with van der Waals surface area (Å²) in [5, 5.41) is 3.03. The number of carbonyl (C=O) groups excluding carboxylic acids is 1. The Bertz CT molecular complexity index is 429. The standard InChI is InChI=1S/C13H19N3O/c1-16(2)13(17)15-12-6-4-9-7-11(14)5-3-10(9)8-12/h3,5,7,12H,4,6,8,14H2,1-2H3,(H,15,17). The van der Waals surface area contributed by atoms with Crippen molar-refractivity contribution in [2.75, 3.05) is 19.8 Å². The molecule has 2 amide bonds. The summed E-state index contributed by atoms with van der Waals surface area (Å²) in [5.41, 5.74) is 9.20. The highest BCUT2D eigenvalue weighted by atomic mass is 16.2. The van der Waals surface area contributed by atoms with Gasteiger partial charge in [0.05, 0.1) is 0 Å². The van der Waals surface area contributed by atoms with Crippen molar-refractivity contribution in [1.82, 2.24) is 10.2 Å². The lowest BCUT2D eigenvalue weighted by molar-refractivity contribution is 0.212. The second kappa shape index (κ2) is 4.65. The zero-order chi connectivity index (χ0) is 12.4. The molecule has 92 valence electrons. The first-order chi connectivity index (χ1) is 8.06. The summed E-state index contributed by atoms with van der Waals surface area (Å²) in [6, 6.07) is 6.25. The minimum Gasteiger partial charge on any atom is -0.399 e. The fourth-order valence-corrected chi connectivity index (χ4v) is 2.20. The molecule has 0 heterocycles. The van der Waals surface area contributed by atoms with Gasteiger partial charge in [0, 0.05) is 25.8 Å². The number of aryl methyl sites for hydroxylation is 1. The van der Waals surface area contributed by atoms with Gasteiger partial charge in [0.2, 0.25) is 0 Å². The van der Waals surface area contributed by atoms with Crippen molar-refractivity contribution < 1.29 is 4.79 Å². The van der Waals surface area contributed by atoms with Crippen LogP contribution in [0.5, 0.6) is 0 Å². The van der Waals surface area contributed by atoms with Gasteiger partial charge in [0.25, 0.3) is 0 Å². The van der Waals surface area contributed by atoms with Crippen LogP contribution in [0.1, 0.15) is 17.5 Å². The van der Waals surface area contributed by atoms with Crippen LogP contribution in [0.3, 0.4) is 0 Å². The van der Waals surface area contributed by atoms with Gasteiger partial charge < -0.3 is 16.0 Å². The van der Waals surface area contributed by atoms with Gasteiger partial charge in [-0.2, -0.15) is 0 Å². The number of amides is 2. The fourth-order valence-electron chi connectivity index (χ4n) is 2.20. The molecule has 4 nitrogen and oxygen atoms in total. The monoisotopic (exact) mass is 233 g/mol. The summed E-state index contributed by atoms with van der Waals surface area (Å²) in [4.78, 5) is 13.1. The van der Waals surface area contributed by atoms with E-state index in [1.807, 2.05) is 12.1 Å². The molecule has 0 spiro atoms. The molecule has 1 unspecified atom stereocenters. The van der Waals surface area contributed by atoms with E-state index in [0.717, 1.165) is 24.9 Å². The van der Waals surface area contributed by atoms with Crippen molar-refractivity contribution in [2.24, 2.45) is 0 Å². The third-order valence-electron chi connectivity index (χ3n) is 3.19. The second-order valence-corrected chi connectivity index (χ2v) is 4.81. The van der Waals surface area contributed by atoms with E-state index in [1.54, 1.807) is 19.0 Å². The SMILES string of the molecule is CN(C)C(=O)NC1CCc2cc(N)ccc2C1. The topological polar surface area (TPSA) is 58.4 Å². The van der Waals surface area contributed by atoms with E-state index in [0.29, 0.717) is 0 Å². The summed E-state index contributed by atoms with van der Waals surface area (Å²) >= 11 is 0. The van der Waals surface area contributed by atoms with Crippen molar-refractivity contribution in [3.05, 3.63) is 29.3 Å². The maximum atomic E-state index is 11.6. The van der Waals surface area contributed by atoms with Crippen LogP contribution in [-0.2, 0) is 12.8 Å². The first-order valence-electron chi connectivity index (χ1n) is 5.91. The largest absolute Gasteiger partial charge is 0.399 e. The van der Waals surface area contributed by atoms with Gasteiger partial charge in [-0.15, -0.1) is 0 Å². The number of hydrogen-bond donors (Lipinski definition) is 2. The first-order valence-corrected chi connectivity index (χ1v) is 5.91. The van der Waals surface area contributed by atoms with E-state index in [2.05, 4.69) is 11.4 Å². The number of urea groups is 1. The van der Waals surface area contributed by atoms with Gasteiger partial charge in [-0.3, -0.25) is 0 Å². The zero-order valence-corrected chi connectivity index (χ0v) is 10.4. The molecular weight excluding hydrogens is 214 g/mol. The highest BCUT2D eigenvalue weighted by molar-refractivity contribution is 5.73. The molecule has 2 rings (SSSR count). The van der Waals surface area contributed by atoms with Crippen LogP contribution >= 0.6 is 0 Å². The second-order valence-electron chi connectivity index (χ2n) is 4.81. The van der Waals surface area contributed by atoms with Crippen LogP contribution in [0.15, 0.2) is 18.2 Å². The maximum Gasteiger partial charge on any atom is 0.317 e. The number of carbonyl (C=O) groups is 1. The smallest absolute Gasteiger partial charge is 0.317 e. The lowest BCUT2D eigenvalue weighted by Gasteiger charge is -2.27. The Labute approximate surface area is 102 Å². The predicted molar refractivity (Wildman–Crippen MR) is 68.9 cm³/mol. The van der Waals surface area contributed by atoms with Crippen molar-refractivity contribution in [3.8, 4) is 0 Å². The Balaban J connectivity index is 2.04. The van der Waals surface area contributed by atoms with Crippen molar-refractivity contribution in [3.63, 3.8) is 0 Å². The highest BCUT2D eigenvalue weighted by Gasteiger charge is 2.20. The fraction of sp³-hybridized carbons (Fsp3) is 0.462. The molecule has 1 aromatic carbocycles. The Morgan fingerprint density at radius 3 is 2.88 bits per heavy atom. The third kappa shape index (κ3) is 2.70. The minimum absolute atomic E-state index is 0.0195. The van der Waals surface area contributed by atoms with Crippen LogP contribution in [-0.4, -0.2) is 31.1 Å². The molecule has 0 aliphatic heterocycles. The molecule has 0 saturated carbocycles. The summed E-state index contributed by atoms with van der Waals surface area (Å²) < 4.78 is 0. The molecule has 1 aromatic rings. The van der Waals surface area contributed by atoms with Crippen LogP contribution in [0, 0.1) is 0 Å². The average Bonchev–Trinajstić information content (AvgIpc) is 2.29. The van der Waals surface area contributed by atoms with E-state index < -0.39 is 0 Å². The number of rotatable bonds is 1. The molecule has 0 bridgehead atoms. The van der Waals surface area contributed by atoms with Crippen molar-refractivity contribution in [1.29, 1.82) is 0 Å². The van der Waals surface area contributed by atoms with Crippen molar-refractivity contribution in [2.45, 2.75) is 25.3 Å². The van der Waals surface area contributed by atoms with E-state index >= 15 is 0 Å². The summed E-state index contributed by atoms with van der Waals surface area (Å²) in [5.74, 6) is 0. The Morgan fingerprint density at radius 2 is 2.18 bits per heavy atom. The molecule has 4 heteroatoms. The number of nitrogen functional groups attached to an aromatic ring is 1. The Kier molecular flexibility index (Phi) is 3.22. The zero-order valence-electron chi connectivity index (χ0n) is 10.4. The normalized spacial score (nSPS) is 18.4. The van der Waals surface area contributed by atoms with E-state index in [1.165, 1.54) is 11.1 Å². The van der Waals surface area contributed by atoms with Gasteiger partial charge in [0.15, 0.2) is 0 Å². The minimum atomic E-state index is -0.0195. The van der Waals surface area contributed by atoms with Gasteiger partial charge in [-0.1, -0.05) is 6.07 Å². The van der Waals surface area contributed by atoms with Crippen LogP contribution in [0.2, 0.25) is 0 Å². The summed E-state index contributed by atoms with van der Waals surface area (Å²) in [6.45, 7) is 0. The van der Waals surface area contributed by atoms with Crippen LogP contribution in [0.4, 0.5) is 10.5 Å². The van der Waals surface area contributed by atoms with Crippen LogP contribution in [0.25, 0.3) is 0 Å². The molecule has 3 N–H and O–H groups in total. The molecule has 0 saturated heterocycles. The number of nitrogens with zero attached hydrogens (tertiary/aromatic N) is 1. The predicted octanol–water partition coefficient (Wildman–Crippen LogP) is 1.40. The third-order valence-corrected chi connectivity index (χ3v) is 3.19. The molecule has 0 fully saturated rings. The number of fused-ring (bicyclic) bond motifs is 1. The van der Waals surface area contributed by atoms with E-state index in [9.17, 15) is 4.79 Å². The molecule has 1 atom stereocenters. The molecule has 0 aromatic heterocycles. The van der Waals surface area contributed by atoms with E-state index in [-0.39, 0.29) is 12.1 Å². The number of nitrogens with two attached hydrogens (primary N) is 1. The Hall–Kier alpha value is -1.71. The maximum absolute atomic E-state index is 11.6. The van der Waals surface area contributed by atoms with Gasteiger partial charge in [-0.25, -0.2) is 4.79 Å². The molecular formula is C13H19N3O. The molecule has 1 aliphatic carbocycles.